The number of fused-ring (bicyclic) bond motifs is 14. The fourth-order valence-electron chi connectivity index (χ4n) is 7.36. The van der Waals surface area contributed by atoms with Crippen molar-refractivity contribution in [3.63, 3.8) is 0 Å². The van der Waals surface area contributed by atoms with Gasteiger partial charge in [-0.05, 0) is 19.9 Å². The Bertz CT molecular complexity index is 2030. The van der Waals surface area contributed by atoms with Crippen molar-refractivity contribution >= 4 is 40.3 Å². The summed E-state index contributed by atoms with van der Waals surface area (Å²) in [5, 5.41) is 63.9. The highest BCUT2D eigenvalue weighted by Gasteiger charge is 2.50. The van der Waals surface area contributed by atoms with E-state index in [9.17, 15) is 39.9 Å². The van der Waals surface area contributed by atoms with Gasteiger partial charge in [0.1, 0.15) is 30.0 Å². The van der Waals surface area contributed by atoms with E-state index in [0.29, 0.717) is 13.2 Å². The molecule has 0 aliphatic carbocycles. The van der Waals surface area contributed by atoms with Crippen molar-refractivity contribution in [2.45, 2.75) is 85.6 Å². The molecule has 1 amide bonds. The number of ether oxygens (including phenoxy) is 6. The van der Waals surface area contributed by atoms with Gasteiger partial charge in [-0.25, -0.2) is 0 Å². The van der Waals surface area contributed by atoms with E-state index in [1.165, 1.54) is 60.3 Å². The number of aromatic hydroxyl groups is 3. The Morgan fingerprint density at radius 3 is 2.25 bits per heavy atom. The van der Waals surface area contributed by atoms with Gasteiger partial charge >= 0.3 is 11.8 Å². The second kappa shape index (κ2) is 20.4. The molecule has 3 aliphatic rings. The number of anilines is 1. The zero-order valence-electron chi connectivity index (χ0n) is 35.7. The van der Waals surface area contributed by atoms with Gasteiger partial charge in [0.15, 0.2) is 5.75 Å². The normalized spacial score (nSPS) is 29.8. The molecule has 9 atom stereocenters. The van der Waals surface area contributed by atoms with Crippen molar-refractivity contribution in [2.75, 3.05) is 46.0 Å². The average Bonchev–Trinajstić information content (AvgIpc) is 3.47. The zero-order valence-corrected chi connectivity index (χ0v) is 35.7. The van der Waals surface area contributed by atoms with E-state index in [4.69, 9.17) is 33.3 Å². The third-order valence-electron chi connectivity index (χ3n) is 11.0. The van der Waals surface area contributed by atoms with E-state index in [-0.39, 0.29) is 57.7 Å². The maximum atomic E-state index is 14.4. The Kier molecular flexibility index (Phi) is 16.1. The molecule has 0 saturated heterocycles. The number of ketones is 1. The van der Waals surface area contributed by atoms with Crippen LogP contribution in [-0.4, -0.2) is 120 Å². The summed E-state index contributed by atoms with van der Waals surface area (Å²) in [6, 6.07) is 0. The molecule has 0 radical (unpaired) electrons. The van der Waals surface area contributed by atoms with Crippen molar-refractivity contribution in [3.05, 3.63) is 52.8 Å². The number of nitrogens with zero attached hydrogens (tertiary/aromatic N) is 1. The lowest BCUT2D eigenvalue weighted by Gasteiger charge is -2.38. The minimum atomic E-state index is -2.08. The summed E-state index contributed by atoms with van der Waals surface area (Å²) < 4.78 is 33.8. The Labute approximate surface area is 349 Å². The summed E-state index contributed by atoms with van der Waals surface area (Å²) in [7, 11) is 2.95. The number of nitrogens with one attached hydrogen (secondary N) is 1. The number of aliphatic hydroxyl groups is 2. The maximum absolute atomic E-state index is 14.4. The number of methoxy groups -OCH3 is 2. The molecule has 17 heteroatoms. The largest absolute Gasteiger partial charge is 0.507 e. The first kappa shape index (κ1) is 47.5. The summed E-state index contributed by atoms with van der Waals surface area (Å²) in [4.78, 5) is 45.7. The number of carbonyl (C=O) groups excluding carboxylic acids is 3. The Morgan fingerprint density at radius 2 is 1.60 bits per heavy atom. The topological polar surface area (TPSA) is 241 Å². The molecule has 330 valence electrons. The van der Waals surface area contributed by atoms with Crippen molar-refractivity contribution < 1.29 is 73.2 Å². The molecule has 0 aromatic heterocycles. The molecule has 5 bridgehead atoms. The Hall–Kier alpha value is -5.20. The fraction of sp³-hybridized carbons (Fsp3) is 0.535. The van der Waals surface area contributed by atoms with E-state index < -0.39 is 88.8 Å². The molecule has 17 nitrogen and oxygen atoms in total. The molecule has 2 aromatic rings. The molecule has 9 unspecified atom stereocenters. The molecule has 3 aliphatic heterocycles. The van der Waals surface area contributed by atoms with Gasteiger partial charge in [0.25, 0.3) is 11.7 Å². The van der Waals surface area contributed by atoms with Crippen molar-refractivity contribution in [1.29, 1.82) is 0 Å². The smallest absolute Gasteiger partial charge is 0.312 e. The molecular weight excluding hydrogens is 784 g/mol. The maximum Gasteiger partial charge on any atom is 0.312 e. The van der Waals surface area contributed by atoms with Crippen LogP contribution in [0.5, 0.6) is 23.0 Å². The predicted octanol–water partition coefficient (Wildman–Crippen LogP) is 4.77. The third kappa shape index (κ3) is 10.0. The summed E-state index contributed by atoms with van der Waals surface area (Å²) in [5.41, 5.74) is -0.739. The van der Waals surface area contributed by atoms with Gasteiger partial charge in [-0.3, -0.25) is 14.4 Å². The highest BCUT2D eigenvalue weighted by molar-refractivity contribution is 6.23. The highest BCUT2D eigenvalue weighted by atomic mass is 16.7. The first-order chi connectivity index (χ1) is 28.3. The van der Waals surface area contributed by atoms with E-state index in [2.05, 4.69) is 10.5 Å². The standard InChI is InChI=1S/C43H58N2O15/c1-21-12-11-13-22(2)42(53)45-33-28(20-44-58-19-18-56-17-16-54-9)37(50)30-31(38(33)51)36(49)26(6)40-32(30)41(52)43(8,60-40)57-15-14-29(55-10)23(3)39(59-27(7)46)25(5)35(48)24(4)34(21)47/h11-15,20-21,23-25,29,34-35,39,47-51H,16-19H2,1-10H3,(H,45,53)/b12-11+,15-14+,22-13-,44-20+. The quantitative estimate of drug-likeness (QED) is 0.0472. The van der Waals surface area contributed by atoms with Gasteiger partial charge in [-0.15, -0.1) is 0 Å². The van der Waals surface area contributed by atoms with Crippen LogP contribution in [0.4, 0.5) is 5.69 Å². The first-order valence-electron chi connectivity index (χ1n) is 19.6. The van der Waals surface area contributed by atoms with E-state index in [0.717, 1.165) is 6.21 Å². The number of aliphatic hydroxyl groups excluding tert-OH is 2. The molecule has 0 fully saturated rings. The van der Waals surface area contributed by atoms with Crippen LogP contribution in [0.15, 0.2) is 41.3 Å². The van der Waals surface area contributed by atoms with E-state index >= 15 is 0 Å². The second-order valence-electron chi connectivity index (χ2n) is 15.3. The number of amides is 1. The van der Waals surface area contributed by atoms with Crippen LogP contribution in [0.3, 0.4) is 0 Å². The SMILES string of the molecule is COCCOCCO/N=C/c1c2c(O)c3c(O)c(C)c4c(c3c1O)C(=O)C(C)(O/C=C/C(OC)C(C)C(OC(C)=O)C(C)C(O)C(C)C(O)C(C)/C=C/C=C(/C)C(=O)N2)O4. The summed E-state index contributed by atoms with van der Waals surface area (Å²) in [5.74, 6) is -8.83. The number of phenols is 3. The number of phenolic OH excluding ortho intramolecular Hbond substituents is 3. The number of benzene rings is 2. The lowest BCUT2D eigenvalue weighted by molar-refractivity contribution is -0.160. The third-order valence-corrected chi connectivity index (χ3v) is 11.0. The van der Waals surface area contributed by atoms with Crippen LogP contribution in [0.25, 0.3) is 10.8 Å². The van der Waals surface area contributed by atoms with Crippen LogP contribution in [0, 0.1) is 30.6 Å². The minimum Gasteiger partial charge on any atom is -0.507 e. The van der Waals surface area contributed by atoms with Crippen LogP contribution >= 0.6 is 0 Å². The van der Waals surface area contributed by atoms with Crippen molar-refractivity contribution in [2.24, 2.45) is 28.8 Å². The van der Waals surface area contributed by atoms with Gasteiger partial charge in [0, 0.05) is 68.3 Å². The van der Waals surface area contributed by atoms with Crippen molar-refractivity contribution in [1.82, 2.24) is 0 Å². The van der Waals surface area contributed by atoms with Gasteiger partial charge in [0.05, 0.1) is 72.8 Å². The molecule has 0 spiro atoms. The summed E-state index contributed by atoms with van der Waals surface area (Å²) in [6.07, 6.45) is 4.38. The van der Waals surface area contributed by atoms with Crippen molar-refractivity contribution in [3.8, 4) is 23.0 Å². The monoisotopic (exact) mass is 842 g/mol. The lowest BCUT2D eigenvalue weighted by Crippen LogP contribution is -2.46. The molecular formula is C43H58N2O15. The van der Waals surface area contributed by atoms with Gasteiger partial charge in [0.2, 0.25) is 0 Å². The first-order valence-corrected chi connectivity index (χ1v) is 19.6. The Morgan fingerprint density at radius 1 is 0.917 bits per heavy atom. The zero-order chi connectivity index (χ0) is 44.6. The van der Waals surface area contributed by atoms with Crippen LogP contribution in [0.1, 0.15) is 70.0 Å². The number of Topliss-reactive ketones (excluding diaryl/α,β-unsaturated/α-hetero) is 1. The lowest BCUT2D eigenvalue weighted by atomic mass is 9.78. The van der Waals surface area contributed by atoms with Gasteiger partial charge < -0.3 is 64.1 Å². The van der Waals surface area contributed by atoms with Crippen LogP contribution in [-0.2, 0) is 38.1 Å². The number of esters is 1. The summed E-state index contributed by atoms with van der Waals surface area (Å²) in [6.45, 7) is 13.2. The molecule has 60 heavy (non-hydrogen) atoms. The average molecular weight is 843 g/mol. The van der Waals surface area contributed by atoms with Gasteiger partial charge in [-0.2, -0.15) is 0 Å². The molecule has 0 saturated carbocycles. The van der Waals surface area contributed by atoms with Crippen LogP contribution in [0.2, 0.25) is 0 Å². The molecule has 2 aromatic carbocycles. The Balaban J connectivity index is 1.92. The molecule has 5 rings (SSSR count). The predicted molar refractivity (Wildman–Crippen MR) is 220 cm³/mol. The number of rotatable bonds is 10. The van der Waals surface area contributed by atoms with E-state index in [1.807, 2.05) is 0 Å². The van der Waals surface area contributed by atoms with Crippen LogP contribution < -0.4 is 10.1 Å². The highest BCUT2D eigenvalue weighted by Crippen LogP contribution is 2.55. The van der Waals surface area contributed by atoms with E-state index in [1.54, 1.807) is 39.8 Å². The minimum absolute atomic E-state index is 0.0155. The number of hydrogen-bond donors (Lipinski definition) is 6. The number of allylic oxidation sites excluding steroid dienone is 2. The van der Waals surface area contributed by atoms with Gasteiger partial charge in [-0.1, -0.05) is 51.1 Å². The number of oxime groups is 1. The molecule has 6 N–H and O–H groups in total. The second-order valence-corrected chi connectivity index (χ2v) is 15.3. The fourth-order valence-corrected chi connectivity index (χ4v) is 7.36. The number of hydrogen-bond acceptors (Lipinski definition) is 16. The number of carbonyl (C=O) groups is 3. The molecule has 3 heterocycles. The summed E-state index contributed by atoms with van der Waals surface area (Å²) >= 11 is 0.